The number of amides is 2. The number of likely N-dealkylation sites (tertiary alicyclic amines) is 1. The molecule has 9 nitrogen and oxygen atoms in total. The average Bonchev–Trinajstić information content (AvgIpc) is 3.32. The van der Waals surface area contributed by atoms with Gasteiger partial charge in [0.05, 0.1) is 23.2 Å². The maximum absolute atomic E-state index is 13.4. The lowest BCUT2D eigenvalue weighted by Gasteiger charge is -2.28. The van der Waals surface area contributed by atoms with Crippen LogP contribution in [0.2, 0.25) is 0 Å². The molecule has 2 saturated heterocycles. The maximum Gasteiger partial charge on any atom is 0.271 e. The summed E-state index contributed by atoms with van der Waals surface area (Å²) in [6.07, 6.45) is -1.06. The van der Waals surface area contributed by atoms with Gasteiger partial charge in [0.15, 0.2) is 6.10 Å². The Bertz CT molecular complexity index is 1230. The van der Waals surface area contributed by atoms with Gasteiger partial charge in [-0.1, -0.05) is 48.5 Å². The van der Waals surface area contributed by atoms with Crippen molar-refractivity contribution in [1.82, 2.24) is 4.90 Å². The number of nitro benzene ring substituents is 1. The van der Waals surface area contributed by atoms with E-state index < -0.39 is 28.9 Å². The van der Waals surface area contributed by atoms with Crippen LogP contribution in [0.15, 0.2) is 78.9 Å². The van der Waals surface area contributed by atoms with Gasteiger partial charge in [0.1, 0.15) is 11.7 Å². The van der Waals surface area contributed by atoms with Gasteiger partial charge in [-0.3, -0.25) is 29.4 Å². The lowest BCUT2D eigenvalue weighted by molar-refractivity contribution is -0.384. The molecule has 3 aromatic rings. The number of carbonyl (C=O) groups is 2. The van der Waals surface area contributed by atoms with Gasteiger partial charge in [0, 0.05) is 12.1 Å². The van der Waals surface area contributed by atoms with E-state index in [1.165, 1.54) is 40.3 Å². The molecular formula is C24H19N3O6. The Morgan fingerprint density at radius 1 is 0.939 bits per heavy atom. The quantitative estimate of drug-likeness (QED) is 0.364. The van der Waals surface area contributed by atoms with Crippen molar-refractivity contribution >= 4 is 23.2 Å². The Hall–Kier alpha value is -4.24. The number of imide groups is 1. The number of phenolic OH excluding ortho intramolecular Hbond substituents is 1. The number of nitro groups is 1. The maximum atomic E-state index is 13.4. The van der Waals surface area contributed by atoms with Gasteiger partial charge in [-0.25, -0.2) is 5.06 Å². The number of fused-ring (bicyclic) bond motifs is 1. The predicted octanol–water partition coefficient (Wildman–Crippen LogP) is 3.35. The molecule has 0 spiro atoms. The molecule has 0 bridgehead atoms. The van der Waals surface area contributed by atoms with E-state index in [-0.39, 0.29) is 23.9 Å². The van der Waals surface area contributed by atoms with Crippen LogP contribution in [-0.4, -0.2) is 32.8 Å². The molecule has 33 heavy (non-hydrogen) atoms. The number of anilines is 1. The van der Waals surface area contributed by atoms with Crippen molar-refractivity contribution in [3.63, 3.8) is 0 Å². The lowest BCUT2D eigenvalue weighted by Crippen LogP contribution is -2.36. The average molecular weight is 445 g/mol. The van der Waals surface area contributed by atoms with E-state index in [0.717, 1.165) is 5.56 Å². The monoisotopic (exact) mass is 445 g/mol. The fourth-order valence-corrected chi connectivity index (χ4v) is 4.37. The van der Waals surface area contributed by atoms with Crippen LogP contribution in [0.4, 0.5) is 11.4 Å². The zero-order valence-corrected chi connectivity index (χ0v) is 17.3. The Labute approximate surface area is 188 Å². The first-order chi connectivity index (χ1) is 15.9. The Kier molecular flexibility index (Phi) is 5.02. The molecule has 5 rings (SSSR count). The first kappa shape index (κ1) is 20.7. The van der Waals surface area contributed by atoms with E-state index in [1.54, 1.807) is 18.2 Å². The number of hydroxylamine groups is 1. The zero-order chi connectivity index (χ0) is 23.1. The van der Waals surface area contributed by atoms with Gasteiger partial charge < -0.3 is 5.11 Å². The number of hydrogen-bond acceptors (Lipinski definition) is 7. The minimum atomic E-state index is -1.06. The minimum Gasteiger partial charge on any atom is -0.508 e. The predicted molar refractivity (Wildman–Crippen MR) is 117 cm³/mol. The van der Waals surface area contributed by atoms with E-state index in [0.29, 0.717) is 11.3 Å². The highest BCUT2D eigenvalue weighted by atomic mass is 16.7. The molecule has 2 heterocycles. The molecule has 1 N–H and O–H groups in total. The molecule has 0 saturated carbocycles. The highest BCUT2D eigenvalue weighted by Gasteiger charge is 2.59. The Balaban J connectivity index is 1.54. The van der Waals surface area contributed by atoms with E-state index in [9.17, 15) is 24.8 Å². The van der Waals surface area contributed by atoms with E-state index in [4.69, 9.17) is 4.84 Å². The summed E-state index contributed by atoms with van der Waals surface area (Å²) < 4.78 is 0. The number of hydrogen-bond donors (Lipinski definition) is 1. The summed E-state index contributed by atoms with van der Waals surface area (Å²) in [5.74, 6) is -1.62. The van der Waals surface area contributed by atoms with Crippen LogP contribution in [0, 0.1) is 16.0 Å². The first-order valence-corrected chi connectivity index (χ1v) is 10.3. The molecule has 2 aliphatic rings. The largest absolute Gasteiger partial charge is 0.508 e. The molecule has 3 atom stereocenters. The number of nitrogens with zero attached hydrogens (tertiary/aromatic N) is 3. The van der Waals surface area contributed by atoms with Crippen LogP contribution in [0.3, 0.4) is 0 Å². The third kappa shape index (κ3) is 3.58. The number of aromatic hydroxyl groups is 1. The molecule has 3 aromatic carbocycles. The van der Waals surface area contributed by atoms with Crippen LogP contribution in [-0.2, 0) is 21.0 Å². The molecule has 2 fully saturated rings. The number of benzene rings is 3. The second kappa shape index (κ2) is 8.03. The SMILES string of the molecule is O=C1[C@@H]2[C@H](ON(c3cccc([N+](=O)[O-])c3)[C@@H]2c2ccc(O)cc2)C(=O)N1Cc1ccccc1. The van der Waals surface area contributed by atoms with Crippen molar-refractivity contribution in [2.45, 2.75) is 18.7 Å². The summed E-state index contributed by atoms with van der Waals surface area (Å²) >= 11 is 0. The van der Waals surface area contributed by atoms with Gasteiger partial charge in [-0.05, 0) is 29.3 Å². The van der Waals surface area contributed by atoms with E-state index in [1.807, 2.05) is 30.3 Å². The molecule has 0 aliphatic carbocycles. The van der Waals surface area contributed by atoms with E-state index in [2.05, 4.69) is 0 Å². The van der Waals surface area contributed by atoms with Crippen molar-refractivity contribution in [3.05, 3.63) is 100 Å². The summed E-state index contributed by atoms with van der Waals surface area (Å²) in [5, 5.41) is 22.4. The molecular weight excluding hydrogens is 426 g/mol. The van der Waals surface area contributed by atoms with Gasteiger partial charge in [-0.15, -0.1) is 0 Å². The van der Waals surface area contributed by atoms with Crippen LogP contribution in [0.1, 0.15) is 17.2 Å². The molecule has 0 aromatic heterocycles. The van der Waals surface area contributed by atoms with Gasteiger partial charge in [0.2, 0.25) is 5.91 Å². The topological polar surface area (TPSA) is 113 Å². The molecule has 0 unspecified atom stereocenters. The third-order valence-electron chi connectivity index (χ3n) is 5.92. The second-order valence-corrected chi connectivity index (χ2v) is 7.94. The molecule has 2 aliphatic heterocycles. The van der Waals surface area contributed by atoms with Gasteiger partial charge >= 0.3 is 0 Å². The Morgan fingerprint density at radius 3 is 2.36 bits per heavy atom. The number of phenols is 1. The molecule has 9 heteroatoms. The van der Waals surface area contributed by atoms with Gasteiger partial charge in [-0.2, -0.15) is 0 Å². The molecule has 0 radical (unpaired) electrons. The lowest BCUT2D eigenvalue weighted by atomic mass is 9.90. The number of rotatable bonds is 5. The van der Waals surface area contributed by atoms with Crippen LogP contribution in [0.25, 0.3) is 0 Å². The van der Waals surface area contributed by atoms with Crippen molar-refractivity contribution in [2.24, 2.45) is 5.92 Å². The highest BCUT2D eigenvalue weighted by molar-refractivity contribution is 6.07. The summed E-state index contributed by atoms with van der Waals surface area (Å²) in [4.78, 5) is 44.6. The summed E-state index contributed by atoms with van der Waals surface area (Å²) in [6, 6.07) is 20.6. The van der Waals surface area contributed by atoms with Gasteiger partial charge in [0.25, 0.3) is 11.6 Å². The molecule has 2 amide bonds. The van der Waals surface area contributed by atoms with Crippen molar-refractivity contribution in [2.75, 3.05) is 5.06 Å². The smallest absolute Gasteiger partial charge is 0.271 e. The van der Waals surface area contributed by atoms with Crippen molar-refractivity contribution < 1.29 is 24.5 Å². The molecule has 166 valence electrons. The fraction of sp³-hybridized carbons (Fsp3) is 0.167. The highest BCUT2D eigenvalue weighted by Crippen LogP contribution is 2.47. The number of carbonyl (C=O) groups excluding carboxylic acids is 2. The summed E-state index contributed by atoms with van der Waals surface area (Å²) in [6.45, 7) is 0.133. The van der Waals surface area contributed by atoms with E-state index >= 15 is 0 Å². The standard InChI is InChI=1S/C24H19N3O6/c28-19-11-9-16(10-12-19)21-20-22(33-26(21)17-7-4-8-18(13-17)27(31)32)24(30)25(23(20)29)14-15-5-2-1-3-6-15/h1-13,20-22,28H,14H2/t20-,21+,22-/m0/s1. The second-order valence-electron chi connectivity index (χ2n) is 7.94. The minimum absolute atomic E-state index is 0.0515. The van der Waals surface area contributed by atoms with Crippen molar-refractivity contribution in [3.8, 4) is 5.75 Å². The Morgan fingerprint density at radius 2 is 1.67 bits per heavy atom. The van der Waals surface area contributed by atoms with Crippen LogP contribution >= 0.6 is 0 Å². The normalized spacial score (nSPS) is 22.0. The zero-order valence-electron chi connectivity index (χ0n) is 17.3. The first-order valence-electron chi connectivity index (χ1n) is 10.3. The summed E-state index contributed by atoms with van der Waals surface area (Å²) in [5.41, 5.74) is 1.67. The fourth-order valence-electron chi connectivity index (χ4n) is 4.37. The third-order valence-corrected chi connectivity index (χ3v) is 5.92. The van der Waals surface area contributed by atoms with Crippen LogP contribution < -0.4 is 5.06 Å². The summed E-state index contributed by atoms with van der Waals surface area (Å²) in [7, 11) is 0. The van der Waals surface area contributed by atoms with Crippen LogP contribution in [0.5, 0.6) is 5.75 Å². The van der Waals surface area contributed by atoms with Crippen molar-refractivity contribution in [1.29, 1.82) is 0 Å². The number of non-ortho nitro benzene ring substituents is 1.